The van der Waals surface area contributed by atoms with Gasteiger partial charge in [0.05, 0.1) is 32.1 Å². The summed E-state index contributed by atoms with van der Waals surface area (Å²) in [6.45, 7) is 36.0. The Labute approximate surface area is 248 Å². The Bertz CT molecular complexity index is 624. The fourth-order valence-electron chi connectivity index (χ4n) is 4.91. The van der Waals surface area contributed by atoms with Gasteiger partial charge in [0.15, 0.2) is 0 Å². The molecule has 0 aromatic rings. The molecule has 39 heavy (non-hydrogen) atoms. The van der Waals surface area contributed by atoms with Crippen molar-refractivity contribution in [3.05, 3.63) is 0 Å². The minimum Gasteiger partial charge on any atom is -0.465 e. The maximum absolute atomic E-state index is 12.2. The quantitative estimate of drug-likeness (QED) is 0.111. The van der Waals surface area contributed by atoms with Crippen LogP contribution in [-0.4, -0.2) is 33.2 Å². The van der Waals surface area contributed by atoms with E-state index in [9.17, 15) is 9.59 Å². The van der Waals surface area contributed by atoms with Gasteiger partial charge in [0.2, 0.25) is 0 Å². The molecule has 0 bridgehead atoms. The lowest BCUT2D eigenvalue weighted by Gasteiger charge is -2.43. The summed E-state index contributed by atoms with van der Waals surface area (Å²) in [4.78, 5) is 24.0. The molecule has 238 valence electrons. The van der Waals surface area contributed by atoms with Crippen LogP contribution in [-0.2, 0) is 19.1 Å². The maximum atomic E-state index is 12.2. The highest BCUT2D eigenvalue weighted by atomic mass is 28.3. The zero-order chi connectivity index (χ0) is 29.8. The van der Waals surface area contributed by atoms with E-state index < -0.39 is 8.07 Å². The molecule has 0 unspecified atom stereocenters. The van der Waals surface area contributed by atoms with Crippen LogP contribution >= 0.6 is 0 Å². The Morgan fingerprint density at radius 3 is 1.15 bits per heavy atom. The first-order valence-electron chi connectivity index (χ1n) is 15.0. The predicted molar refractivity (Wildman–Crippen MR) is 177 cm³/mol. The normalized spacial score (nSPS) is 12.4. The van der Waals surface area contributed by atoms with Crippen LogP contribution in [0.1, 0.15) is 145 Å². The highest BCUT2D eigenvalue weighted by molar-refractivity contribution is 6.83. The molecule has 0 saturated heterocycles. The number of hydrogen-bond acceptors (Lipinski definition) is 4. The van der Waals surface area contributed by atoms with Crippen molar-refractivity contribution in [3.63, 3.8) is 0 Å². The number of carbonyl (C=O) groups is 2. The number of ether oxygens (including phenoxy) is 2. The van der Waals surface area contributed by atoms with Gasteiger partial charge in [0.25, 0.3) is 0 Å². The number of esters is 2. The van der Waals surface area contributed by atoms with Gasteiger partial charge in [-0.25, -0.2) is 0 Å². The number of rotatable bonds is 15. The maximum Gasteiger partial charge on any atom is 0.311 e. The first-order chi connectivity index (χ1) is 16.7. The van der Waals surface area contributed by atoms with Gasteiger partial charge in [0, 0.05) is 0 Å². The van der Waals surface area contributed by atoms with E-state index >= 15 is 0 Å². The molecular weight excluding hydrogens is 500 g/mol. The van der Waals surface area contributed by atoms with Crippen LogP contribution in [0.3, 0.4) is 0 Å². The van der Waals surface area contributed by atoms with Crippen LogP contribution in [0.2, 0.25) is 22.7 Å². The molecule has 0 aliphatic heterocycles. The summed E-state index contributed by atoms with van der Waals surface area (Å²) in [5.74, 6) is 1.18. The molecule has 0 rings (SSSR count). The summed E-state index contributed by atoms with van der Waals surface area (Å²) in [7, 11) is -1.36. The predicted octanol–water partition coefficient (Wildman–Crippen LogP) is 11.2. The Morgan fingerprint density at radius 1 is 0.590 bits per heavy atom. The van der Waals surface area contributed by atoms with Crippen molar-refractivity contribution in [3.8, 4) is 0 Å². The van der Waals surface area contributed by atoms with E-state index in [1.165, 1.54) is 6.04 Å². The highest BCUT2D eigenvalue weighted by Gasteiger charge is 2.42. The largest absolute Gasteiger partial charge is 0.465 e. The third-order valence-electron chi connectivity index (χ3n) is 9.31. The van der Waals surface area contributed by atoms with E-state index in [4.69, 9.17) is 9.47 Å². The fourth-order valence-corrected chi connectivity index (χ4v) is 11.4. The Morgan fingerprint density at radius 2 is 0.897 bits per heavy atom. The lowest BCUT2D eigenvalue weighted by molar-refractivity contribution is -0.157. The minimum atomic E-state index is -1.36. The van der Waals surface area contributed by atoms with Gasteiger partial charge >= 0.3 is 11.9 Å². The Hall–Kier alpha value is -0.843. The molecule has 0 aromatic carbocycles. The Balaban J connectivity index is -0.000000318. The van der Waals surface area contributed by atoms with Gasteiger partial charge < -0.3 is 9.47 Å². The molecule has 0 amide bonds. The van der Waals surface area contributed by atoms with Crippen LogP contribution in [0, 0.1) is 28.6 Å². The van der Waals surface area contributed by atoms with Gasteiger partial charge in [0.1, 0.15) is 0 Å². The van der Waals surface area contributed by atoms with Gasteiger partial charge in [-0.2, -0.15) is 0 Å². The smallest absolute Gasteiger partial charge is 0.311 e. The molecule has 0 aliphatic carbocycles. The third-order valence-corrected chi connectivity index (χ3v) is 17.0. The minimum absolute atomic E-state index is 0. The summed E-state index contributed by atoms with van der Waals surface area (Å²) in [5, 5.41) is 0. The van der Waals surface area contributed by atoms with Gasteiger partial charge in [-0.1, -0.05) is 121 Å². The lowest BCUT2D eigenvalue weighted by Crippen LogP contribution is -2.44. The second-order valence-corrected chi connectivity index (χ2v) is 20.4. The molecule has 0 spiro atoms. The van der Waals surface area contributed by atoms with Crippen molar-refractivity contribution < 1.29 is 19.1 Å². The first kappa shape index (κ1) is 45.2. The van der Waals surface area contributed by atoms with Gasteiger partial charge in [-0.05, 0) is 64.7 Å². The molecule has 0 radical (unpaired) electrons. The summed E-state index contributed by atoms with van der Waals surface area (Å²) in [5.41, 5.74) is 1.57. The van der Waals surface area contributed by atoms with Crippen LogP contribution in [0.15, 0.2) is 0 Å². The van der Waals surface area contributed by atoms with Gasteiger partial charge in [-0.15, -0.1) is 0 Å². The van der Waals surface area contributed by atoms with Crippen LogP contribution < -0.4 is 0 Å². The number of carbonyl (C=O) groups excluding carboxylic acids is 2. The van der Waals surface area contributed by atoms with E-state index in [2.05, 4.69) is 83.1 Å². The number of hydrogen-bond donors (Lipinski definition) is 0. The molecule has 5 heteroatoms. The second-order valence-electron chi connectivity index (χ2n) is 14.2. The van der Waals surface area contributed by atoms with Crippen molar-refractivity contribution in [1.82, 2.24) is 0 Å². The molecule has 0 heterocycles. The third kappa shape index (κ3) is 14.6. The lowest BCUT2D eigenvalue weighted by atomic mass is 9.81. The molecule has 0 fully saturated rings. The summed E-state index contributed by atoms with van der Waals surface area (Å²) in [6, 6.07) is 1.26. The van der Waals surface area contributed by atoms with Crippen molar-refractivity contribution in [2.24, 2.45) is 28.6 Å². The second kappa shape index (κ2) is 20.1. The van der Waals surface area contributed by atoms with E-state index in [1.807, 2.05) is 27.7 Å². The van der Waals surface area contributed by atoms with E-state index in [-0.39, 0.29) is 37.6 Å². The fraction of sp³-hybridized carbons (Fsp3) is 0.941. The monoisotopic (exact) mass is 575 g/mol. The van der Waals surface area contributed by atoms with Crippen LogP contribution in [0.25, 0.3) is 0 Å². The topological polar surface area (TPSA) is 52.6 Å². The van der Waals surface area contributed by atoms with Crippen molar-refractivity contribution in [2.45, 2.75) is 168 Å². The molecular formula is C34H74O4Si. The average molecular weight is 575 g/mol. The molecule has 0 atom stereocenters. The Kier molecular flexibility index (Phi) is 23.3. The first-order valence-corrected chi connectivity index (χ1v) is 17.5. The summed E-state index contributed by atoms with van der Waals surface area (Å²) < 4.78 is 10.9. The molecule has 0 aliphatic rings. The van der Waals surface area contributed by atoms with Gasteiger partial charge in [-0.3, -0.25) is 9.59 Å². The molecule has 4 nitrogen and oxygen atoms in total. The van der Waals surface area contributed by atoms with Crippen molar-refractivity contribution >= 4 is 20.0 Å². The highest BCUT2D eigenvalue weighted by Crippen LogP contribution is 2.45. The standard InChI is InChI=1S/C19H40O2Si.C13H26O2.2CH4/c1-14(2)19(9,10)18(20)21-12-11-13-22(15(3)4,16(5)6)17(7)8;1-10(2)8-7-9-15-12(14)13(5,6)11(3)4;;/h14-17H,11-13H2,1-10H3;10-11H,7-9H2,1-6H3;2*1H4. The molecule has 0 saturated carbocycles. The van der Waals surface area contributed by atoms with Crippen LogP contribution in [0.5, 0.6) is 0 Å². The van der Waals surface area contributed by atoms with Crippen LogP contribution in [0.4, 0.5) is 0 Å². The van der Waals surface area contributed by atoms with E-state index in [1.54, 1.807) is 0 Å². The SMILES string of the molecule is C.C.CC(C)C(C)(C)C(=O)OCCC[Si](C(C)C)(C(C)C)C(C)C.CC(C)CCCOC(=O)C(C)(C)C(C)C. The molecule has 0 aromatic heterocycles. The average Bonchev–Trinajstić information content (AvgIpc) is 2.75. The zero-order valence-corrected chi connectivity index (χ0v) is 28.8. The van der Waals surface area contributed by atoms with E-state index in [0.29, 0.717) is 31.0 Å². The van der Waals surface area contributed by atoms with E-state index in [0.717, 1.165) is 35.9 Å². The van der Waals surface area contributed by atoms with Crippen molar-refractivity contribution in [2.75, 3.05) is 13.2 Å². The summed E-state index contributed by atoms with van der Waals surface area (Å²) >= 11 is 0. The van der Waals surface area contributed by atoms with Crippen molar-refractivity contribution in [1.29, 1.82) is 0 Å². The zero-order valence-electron chi connectivity index (χ0n) is 27.8. The summed E-state index contributed by atoms with van der Waals surface area (Å²) in [6.07, 6.45) is 3.10. The molecule has 0 N–H and O–H groups in total.